The Labute approximate surface area is 95.6 Å². The Morgan fingerprint density at radius 3 is 2.94 bits per heavy atom. The van der Waals surface area contributed by atoms with Crippen molar-refractivity contribution in [1.82, 2.24) is 4.90 Å². The van der Waals surface area contributed by atoms with Crippen LogP contribution in [0.25, 0.3) is 0 Å². The molecule has 1 aliphatic heterocycles. The van der Waals surface area contributed by atoms with Gasteiger partial charge in [-0.3, -0.25) is 4.90 Å². The number of nitrogens with two attached hydrogens (primary N) is 1. The molecule has 0 amide bonds. The van der Waals surface area contributed by atoms with Gasteiger partial charge in [0.25, 0.3) is 0 Å². The normalized spacial score (nSPS) is 15.3. The first kappa shape index (κ1) is 11.4. The lowest BCUT2D eigenvalue weighted by molar-refractivity contribution is 0.0731. The smallest absolute Gasteiger partial charge is 0.0698 e. The Morgan fingerprint density at radius 1 is 1.31 bits per heavy atom. The van der Waals surface area contributed by atoms with Crippen molar-refractivity contribution in [3.05, 3.63) is 29.3 Å². The molecule has 2 rings (SSSR count). The molecule has 0 atom stereocenters. The average Bonchev–Trinajstić information content (AvgIpc) is 2.69. The molecule has 4 nitrogen and oxygen atoms in total. The van der Waals surface area contributed by atoms with Crippen molar-refractivity contribution in [2.24, 2.45) is 0 Å². The maximum Gasteiger partial charge on any atom is 0.0698 e. The quantitative estimate of drug-likeness (QED) is 0.565. The highest BCUT2D eigenvalue weighted by molar-refractivity contribution is 5.52. The van der Waals surface area contributed by atoms with E-state index in [-0.39, 0.29) is 6.61 Å². The van der Waals surface area contributed by atoms with Crippen molar-refractivity contribution < 1.29 is 9.84 Å². The van der Waals surface area contributed by atoms with Gasteiger partial charge < -0.3 is 15.6 Å². The van der Waals surface area contributed by atoms with Crippen LogP contribution >= 0.6 is 0 Å². The van der Waals surface area contributed by atoms with E-state index in [1.165, 1.54) is 11.1 Å². The zero-order chi connectivity index (χ0) is 11.4. The van der Waals surface area contributed by atoms with Crippen molar-refractivity contribution in [3.63, 3.8) is 0 Å². The summed E-state index contributed by atoms with van der Waals surface area (Å²) in [7, 11) is 0. The molecule has 1 aromatic rings. The van der Waals surface area contributed by atoms with Gasteiger partial charge in [-0.15, -0.1) is 0 Å². The molecule has 16 heavy (non-hydrogen) atoms. The third-order valence-corrected chi connectivity index (χ3v) is 2.87. The number of nitrogen functional groups attached to an aromatic ring is 1. The van der Waals surface area contributed by atoms with E-state index in [4.69, 9.17) is 15.6 Å². The standard InChI is InChI=1S/C12H18N2O2/c13-12-3-1-2-10-8-14(9-11(10)12)4-6-16-7-5-15/h1-3,15H,4-9,13H2. The van der Waals surface area contributed by atoms with E-state index in [2.05, 4.69) is 11.0 Å². The molecule has 0 aliphatic carbocycles. The van der Waals surface area contributed by atoms with E-state index in [0.29, 0.717) is 13.2 Å². The van der Waals surface area contributed by atoms with Crippen LogP contribution in [0.3, 0.4) is 0 Å². The van der Waals surface area contributed by atoms with Gasteiger partial charge >= 0.3 is 0 Å². The minimum absolute atomic E-state index is 0.0905. The van der Waals surface area contributed by atoms with Crippen LogP contribution in [0.1, 0.15) is 11.1 Å². The van der Waals surface area contributed by atoms with Gasteiger partial charge in [0.2, 0.25) is 0 Å². The van der Waals surface area contributed by atoms with Gasteiger partial charge in [-0.25, -0.2) is 0 Å². The fraction of sp³-hybridized carbons (Fsp3) is 0.500. The molecule has 0 spiro atoms. The van der Waals surface area contributed by atoms with Gasteiger partial charge in [0, 0.05) is 25.3 Å². The maximum atomic E-state index is 8.58. The highest BCUT2D eigenvalue weighted by atomic mass is 16.5. The predicted octanol–water partition coefficient (Wildman–Crippen LogP) is 0.593. The highest BCUT2D eigenvalue weighted by Crippen LogP contribution is 2.26. The Bertz CT molecular complexity index is 355. The third-order valence-electron chi connectivity index (χ3n) is 2.87. The molecule has 0 fully saturated rings. The minimum Gasteiger partial charge on any atom is -0.398 e. The number of aliphatic hydroxyl groups excluding tert-OH is 1. The minimum atomic E-state index is 0.0905. The molecule has 0 unspecified atom stereocenters. The molecule has 0 saturated heterocycles. The highest BCUT2D eigenvalue weighted by Gasteiger charge is 2.19. The van der Waals surface area contributed by atoms with Gasteiger partial charge in [0.1, 0.15) is 0 Å². The lowest BCUT2D eigenvalue weighted by Gasteiger charge is -2.14. The van der Waals surface area contributed by atoms with Crippen LogP contribution in [0.2, 0.25) is 0 Å². The number of fused-ring (bicyclic) bond motifs is 1. The van der Waals surface area contributed by atoms with E-state index >= 15 is 0 Å². The van der Waals surface area contributed by atoms with Gasteiger partial charge in [0.15, 0.2) is 0 Å². The summed E-state index contributed by atoms with van der Waals surface area (Å²) in [6.45, 7) is 3.91. The summed E-state index contributed by atoms with van der Waals surface area (Å²) in [5.74, 6) is 0. The molecule has 4 heteroatoms. The number of hydrogen-bond acceptors (Lipinski definition) is 4. The summed E-state index contributed by atoms with van der Waals surface area (Å²) < 4.78 is 5.25. The summed E-state index contributed by atoms with van der Waals surface area (Å²) >= 11 is 0. The van der Waals surface area contributed by atoms with E-state index in [1.807, 2.05) is 12.1 Å². The van der Waals surface area contributed by atoms with Gasteiger partial charge in [0.05, 0.1) is 19.8 Å². The second-order valence-corrected chi connectivity index (χ2v) is 4.03. The fourth-order valence-electron chi connectivity index (χ4n) is 2.03. The molecule has 1 aliphatic rings. The first-order valence-corrected chi connectivity index (χ1v) is 5.58. The van der Waals surface area contributed by atoms with Crippen LogP contribution in [0.4, 0.5) is 5.69 Å². The van der Waals surface area contributed by atoms with Crippen molar-refractivity contribution in [2.75, 3.05) is 32.1 Å². The Hall–Kier alpha value is -1.10. The summed E-state index contributed by atoms with van der Waals surface area (Å²) in [5.41, 5.74) is 9.38. The number of rotatable bonds is 5. The van der Waals surface area contributed by atoms with Crippen molar-refractivity contribution in [1.29, 1.82) is 0 Å². The van der Waals surface area contributed by atoms with E-state index in [9.17, 15) is 0 Å². The first-order chi connectivity index (χ1) is 7.81. The lowest BCUT2D eigenvalue weighted by Crippen LogP contribution is -2.22. The number of aliphatic hydroxyl groups is 1. The monoisotopic (exact) mass is 222 g/mol. The molecule has 0 bridgehead atoms. The molecule has 88 valence electrons. The van der Waals surface area contributed by atoms with E-state index in [1.54, 1.807) is 0 Å². The second kappa shape index (κ2) is 5.30. The van der Waals surface area contributed by atoms with Gasteiger partial charge in [-0.05, 0) is 17.2 Å². The molecular weight excluding hydrogens is 204 g/mol. The molecule has 0 saturated carbocycles. The van der Waals surface area contributed by atoms with Crippen molar-refractivity contribution >= 4 is 5.69 Å². The lowest BCUT2D eigenvalue weighted by atomic mass is 10.1. The number of anilines is 1. The topological polar surface area (TPSA) is 58.7 Å². The molecule has 0 radical (unpaired) electrons. The molecular formula is C12H18N2O2. The number of ether oxygens (including phenoxy) is 1. The van der Waals surface area contributed by atoms with Gasteiger partial charge in [-0.2, -0.15) is 0 Å². The Kier molecular flexibility index (Phi) is 3.77. The molecule has 0 aromatic heterocycles. The fourth-order valence-corrected chi connectivity index (χ4v) is 2.03. The zero-order valence-corrected chi connectivity index (χ0v) is 9.35. The van der Waals surface area contributed by atoms with E-state index in [0.717, 1.165) is 25.3 Å². The Morgan fingerprint density at radius 2 is 2.19 bits per heavy atom. The summed E-state index contributed by atoms with van der Waals surface area (Å²) in [4.78, 5) is 2.30. The summed E-state index contributed by atoms with van der Waals surface area (Å²) in [6, 6.07) is 6.07. The summed E-state index contributed by atoms with van der Waals surface area (Å²) in [5, 5.41) is 8.58. The Balaban J connectivity index is 1.84. The van der Waals surface area contributed by atoms with Crippen molar-refractivity contribution in [3.8, 4) is 0 Å². The predicted molar refractivity (Wildman–Crippen MR) is 62.9 cm³/mol. The van der Waals surface area contributed by atoms with Crippen LogP contribution < -0.4 is 5.73 Å². The van der Waals surface area contributed by atoms with E-state index < -0.39 is 0 Å². The largest absolute Gasteiger partial charge is 0.398 e. The van der Waals surface area contributed by atoms with Crippen LogP contribution in [-0.4, -0.2) is 36.4 Å². The van der Waals surface area contributed by atoms with Crippen LogP contribution in [0.15, 0.2) is 18.2 Å². The number of hydrogen-bond donors (Lipinski definition) is 2. The van der Waals surface area contributed by atoms with Gasteiger partial charge in [-0.1, -0.05) is 12.1 Å². The van der Waals surface area contributed by atoms with Crippen LogP contribution in [0, 0.1) is 0 Å². The summed E-state index contributed by atoms with van der Waals surface area (Å²) in [6.07, 6.45) is 0. The molecule has 1 aromatic carbocycles. The van der Waals surface area contributed by atoms with Crippen molar-refractivity contribution in [2.45, 2.75) is 13.1 Å². The van der Waals surface area contributed by atoms with Crippen LogP contribution in [0.5, 0.6) is 0 Å². The zero-order valence-electron chi connectivity index (χ0n) is 9.35. The molecule has 3 N–H and O–H groups in total. The molecule has 1 heterocycles. The number of benzene rings is 1. The number of nitrogens with zero attached hydrogens (tertiary/aromatic N) is 1. The maximum absolute atomic E-state index is 8.58. The second-order valence-electron chi connectivity index (χ2n) is 4.03. The first-order valence-electron chi connectivity index (χ1n) is 5.58. The SMILES string of the molecule is Nc1cccc2c1CN(CCOCCO)C2. The average molecular weight is 222 g/mol. The third kappa shape index (κ3) is 2.52. The van der Waals surface area contributed by atoms with Crippen LogP contribution in [-0.2, 0) is 17.8 Å².